The SMILES string of the molecule is [C-]#[N+]c1ccc(COc2cccc(-c3ccc(Cc4nc5ccc(C)cc5n4CCOC)cc3C(F)(F)F)n2)c(F)c1. The minimum atomic E-state index is -4.65. The molecule has 0 aliphatic heterocycles. The average molecular weight is 575 g/mol. The molecule has 0 aliphatic carbocycles. The largest absolute Gasteiger partial charge is 0.473 e. The fraction of sp³-hybridized carbons (Fsp3) is 0.219. The summed E-state index contributed by atoms with van der Waals surface area (Å²) in [4.78, 5) is 12.2. The lowest BCUT2D eigenvalue weighted by Gasteiger charge is -2.16. The molecule has 0 spiro atoms. The molecule has 0 aliphatic rings. The zero-order valence-corrected chi connectivity index (χ0v) is 22.9. The van der Waals surface area contributed by atoms with Crippen LogP contribution in [0.2, 0.25) is 0 Å². The first kappa shape index (κ1) is 28.8. The quantitative estimate of drug-likeness (QED) is 0.133. The molecular formula is C32H26F4N4O2. The zero-order valence-electron chi connectivity index (χ0n) is 22.9. The summed E-state index contributed by atoms with van der Waals surface area (Å²) in [5.41, 5.74) is 2.65. The van der Waals surface area contributed by atoms with Gasteiger partial charge in [0.05, 0.1) is 35.5 Å². The molecule has 0 N–H and O–H groups in total. The van der Waals surface area contributed by atoms with Crippen LogP contribution in [0.3, 0.4) is 0 Å². The van der Waals surface area contributed by atoms with Gasteiger partial charge in [0, 0.05) is 37.3 Å². The van der Waals surface area contributed by atoms with Crippen molar-refractivity contribution in [2.24, 2.45) is 0 Å². The lowest BCUT2D eigenvalue weighted by molar-refractivity contribution is -0.137. The normalized spacial score (nSPS) is 11.5. The second-order valence-corrected chi connectivity index (χ2v) is 9.76. The maximum absolute atomic E-state index is 14.3. The number of aryl methyl sites for hydroxylation is 1. The standard InChI is InChI=1S/C32H26F4N4O2/c1-20-7-12-28-29(15-20)40(13-14-41-3)30(38-28)17-21-8-11-24(25(16-21)32(34,35)36)27-5-4-6-31(39-27)42-19-22-9-10-23(37-2)18-26(22)33/h4-12,15-16,18H,13-14,17,19H2,1,3H3. The van der Waals surface area contributed by atoms with Crippen LogP contribution in [0.1, 0.15) is 28.1 Å². The summed E-state index contributed by atoms with van der Waals surface area (Å²) >= 11 is 0. The predicted octanol–water partition coefficient (Wildman–Crippen LogP) is 7.93. The van der Waals surface area contributed by atoms with Crippen LogP contribution in [0, 0.1) is 19.3 Å². The van der Waals surface area contributed by atoms with Gasteiger partial charge in [-0.1, -0.05) is 36.4 Å². The number of benzene rings is 3. The summed E-state index contributed by atoms with van der Waals surface area (Å²) in [7, 11) is 1.60. The molecule has 2 aromatic heterocycles. The Morgan fingerprint density at radius 3 is 2.55 bits per heavy atom. The Bertz CT molecular complexity index is 1790. The number of fused-ring (bicyclic) bond motifs is 1. The number of imidazole rings is 1. The maximum atomic E-state index is 14.3. The number of hydrogen-bond donors (Lipinski definition) is 0. The van der Waals surface area contributed by atoms with Crippen molar-refractivity contribution in [3.63, 3.8) is 0 Å². The predicted molar refractivity (Wildman–Crippen MR) is 151 cm³/mol. The molecule has 0 atom stereocenters. The van der Waals surface area contributed by atoms with Crippen molar-refractivity contribution in [2.45, 2.75) is 32.7 Å². The Labute approximate surface area is 240 Å². The molecule has 0 amide bonds. The van der Waals surface area contributed by atoms with Crippen LogP contribution < -0.4 is 4.74 Å². The highest BCUT2D eigenvalue weighted by molar-refractivity contribution is 5.77. The Morgan fingerprint density at radius 1 is 0.976 bits per heavy atom. The number of alkyl halides is 3. The zero-order chi connectivity index (χ0) is 29.9. The van der Waals surface area contributed by atoms with Gasteiger partial charge in [0.15, 0.2) is 5.69 Å². The van der Waals surface area contributed by atoms with Crippen molar-refractivity contribution < 1.29 is 27.0 Å². The van der Waals surface area contributed by atoms with Crippen LogP contribution in [0.25, 0.3) is 27.1 Å². The Kier molecular flexibility index (Phi) is 8.22. The number of aromatic nitrogens is 3. The van der Waals surface area contributed by atoms with Gasteiger partial charge in [-0.25, -0.2) is 19.2 Å². The molecule has 214 valence electrons. The molecule has 0 unspecified atom stereocenters. The molecule has 0 saturated heterocycles. The molecule has 0 radical (unpaired) electrons. The van der Waals surface area contributed by atoms with Gasteiger partial charge in [0.25, 0.3) is 0 Å². The Morgan fingerprint density at radius 2 is 1.81 bits per heavy atom. The van der Waals surface area contributed by atoms with Gasteiger partial charge < -0.3 is 14.0 Å². The molecule has 6 nitrogen and oxygen atoms in total. The topological polar surface area (TPSA) is 53.5 Å². The van der Waals surface area contributed by atoms with Gasteiger partial charge in [0.2, 0.25) is 5.88 Å². The number of pyridine rings is 1. The van der Waals surface area contributed by atoms with Crippen LogP contribution in [0.15, 0.2) is 72.8 Å². The molecule has 10 heteroatoms. The first-order valence-electron chi connectivity index (χ1n) is 13.1. The van der Waals surface area contributed by atoms with E-state index < -0.39 is 17.6 Å². The van der Waals surface area contributed by atoms with Gasteiger partial charge in [-0.15, -0.1) is 0 Å². The fourth-order valence-electron chi connectivity index (χ4n) is 4.71. The van der Waals surface area contributed by atoms with Crippen LogP contribution in [-0.2, 0) is 30.5 Å². The van der Waals surface area contributed by atoms with E-state index in [1.807, 2.05) is 29.7 Å². The van der Waals surface area contributed by atoms with E-state index in [0.29, 0.717) is 24.5 Å². The Hall–Kier alpha value is -4.75. The first-order valence-corrected chi connectivity index (χ1v) is 13.1. The van der Waals surface area contributed by atoms with E-state index >= 15 is 0 Å². The molecule has 3 aromatic carbocycles. The summed E-state index contributed by atoms with van der Waals surface area (Å²) in [6, 6.07) is 18.5. The van der Waals surface area contributed by atoms with Crippen molar-refractivity contribution >= 4 is 16.7 Å². The molecule has 0 saturated carbocycles. The van der Waals surface area contributed by atoms with Crippen molar-refractivity contribution in [3.8, 4) is 17.1 Å². The van der Waals surface area contributed by atoms with Gasteiger partial charge in [0.1, 0.15) is 18.2 Å². The van der Waals surface area contributed by atoms with Gasteiger partial charge in [-0.05, 0) is 48.4 Å². The van der Waals surface area contributed by atoms with E-state index in [1.54, 1.807) is 13.2 Å². The molecule has 0 fully saturated rings. The number of nitrogens with zero attached hydrogens (tertiary/aromatic N) is 4. The number of rotatable bonds is 9. The van der Waals surface area contributed by atoms with E-state index in [9.17, 15) is 17.6 Å². The van der Waals surface area contributed by atoms with Crippen molar-refractivity contribution in [1.29, 1.82) is 0 Å². The third-order valence-corrected chi connectivity index (χ3v) is 6.79. The second-order valence-electron chi connectivity index (χ2n) is 9.76. The highest BCUT2D eigenvalue weighted by atomic mass is 19.4. The van der Waals surface area contributed by atoms with E-state index in [1.165, 1.54) is 36.4 Å². The third-order valence-electron chi connectivity index (χ3n) is 6.79. The summed E-state index contributed by atoms with van der Waals surface area (Å²) in [5, 5.41) is 0. The van der Waals surface area contributed by atoms with E-state index in [-0.39, 0.29) is 41.4 Å². The number of methoxy groups -OCH3 is 1. The van der Waals surface area contributed by atoms with Crippen molar-refractivity contribution in [2.75, 3.05) is 13.7 Å². The second kappa shape index (κ2) is 12.0. The maximum Gasteiger partial charge on any atom is 0.417 e. The van der Waals surface area contributed by atoms with Crippen molar-refractivity contribution in [3.05, 3.63) is 118 Å². The number of hydrogen-bond acceptors (Lipinski definition) is 4. The van der Waals surface area contributed by atoms with Gasteiger partial charge >= 0.3 is 6.18 Å². The summed E-state index contributed by atoms with van der Waals surface area (Å²) < 4.78 is 70.0. The van der Waals surface area contributed by atoms with E-state index in [4.69, 9.17) is 21.0 Å². The van der Waals surface area contributed by atoms with Crippen LogP contribution in [-0.4, -0.2) is 28.3 Å². The number of ether oxygens (including phenoxy) is 2. The lowest BCUT2D eigenvalue weighted by Crippen LogP contribution is -2.11. The highest BCUT2D eigenvalue weighted by Gasteiger charge is 2.34. The average Bonchev–Trinajstić information content (AvgIpc) is 3.30. The minimum Gasteiger partial charge on any atom is -0.473 e. The van der Waals surface area contributed by atoms with E-state index in [2.05, 4.69) is 9.83 Å². The molecule has 2 heterocycles. The molecule has 5 rings (SSSR count). The monoisotopic (exact) mass is 574 g/mol. The molecule has 0 bridgehead atoms. The fourth-order valence-corrected chi connectivity index (χ4v) is 4.71. The van der Waals surface area contributed by atoms with Crippen LogP contribution in [0.5, 0.6) is 5.88 Å². The summed E-state index contributed by atoms with van der Waals surface area (Å²) in [6.45, 7) is 9.70. The highest BCUT2D eigenvalue weighted by Crippen LogP contribution is 2.38. The summed E-state index contributed by atoms with van der Waals surface area (Å²) in [5.74, 6) is 0.0692. The van der Waals surface area contributed by atoms with Crippen molar-refractivity contribution in [1.82, 2.24) is 14.5 Å². The summed E-state index contributed by atoms with van der Waals surface area (Å²) in [6.07, 6.45) is -4.46. The van der Waals surface area contributed by atoms with Gasteiger partial charge in [-0.2, -0.15) is 13.2 Å². The molecular weight excluding hydrogens is 548 g/mol. The smallest absolute Gasteiger partial charge is 0.417 e. The van der Waals surface area contributed by atoms with Gasteiger partial charge in [-0.3, -0.25) is 0 Å². The third kappa shape index (κ3) is 6.26. The number of halogens is 4. The van der Waals surface area contributed by atoms with E-state index in [0.717, 1.165) is 28.7 Å². The first-order chi connectivity index (χ1) is 20.2. The van der Waals surface area contributed by atoms with Crippen LogP contribution >= 0.6 is 0 Å². The van der Waals surface area contributed by atoms with Crippen LogP contribution in [0.4, 0.5) is 23.2 Å². The minimum absolute atomic E-state index is 0.0421. The lowest BCUT2D eigenvalue weighted by atomic mass is 9.99. The Balaban J connectivity index is 1.44. The molecule has 42 heavy (non-hydrogen) atoms. The molecule has 5 aromatic rings.